The Labute approximate surface area is 194 Å². The van der Waals surface area contributed by atoms with E-state index < -0.39 is 17.7 Å². The summed E-state index contributed by atoms with van der Waals surface area (Å²) in [5.41, 5.74) is 3.08. The number of halogens is 3. The second-order valence-corrected chi connectivity index (χ2v) is 8.31. The molecule has 6 heteroatoms. The highest BCUT2D eigenvalue weighted by Crippen LogP contribution is 2.39. The van der Waals surface area contributed by atoms with E-state index in [2.05, 4.69) is 0 Å². The zero-order valence-electron chi connectivity index (χ0n) is 18.1. The van der Waals surface area contributed by atoms with Gasteiger partial charge in [-0.15, -0.1) is 11.8 Å². The number of fused-ring (bicyclic) bond motifs is 1. The maximum atomic E-state index is 13.0. The predicted octanol–water partition coefficient (Wildman–Crippen LogP) is 8.09. The van der Waals surface area contributed by atoms with E-state index in [0.717, 1.165) is 44.5 Å². The third-order valence-corrected chi connectivity index (χ3v) is 6.17. The fraction of sp³-hybridized carbons (Fsp3) is 0.148. The lowest BCUT2D eigenvalue weighted by Crippen LogP contribution is -2.05. The van der Waals surface area contributed by atoms with Gasteiger partial charge in [0.2, 0.25) is 0 Å². The molecule has 168 valence electrons. The standard InChI is InChI=1S/C27H21F3O2S/c1-3-32-26(31)20-13-19-14-24(18-9-11-21(12-10-18)27(28,29)30)25(33-2)16-23(19)22(15-20)17-7-5-4-6-8-17/h4-16H,3H2,1-2H3. The largest absolute Gasteiger partial charge is 0.462 e. The van der Waals surface area contributed by atoms with E-state index >= 15 is 0 Å². The predicted molar refractivity (Wildman–Crippen MR) is 128 cm³/mol. The lowest BCUT2D eigenvalue weighted by molar-refractivity contribution is -0.137. The molecule has 0 heterocycles. The van der Waals surface area contributed by atoms with Crippen molar-refractivity contribution in [2.24, 2.45) is 0 Å². The van der Waals surface area contributed by atoms with Gasteiger partial charge in [0.05, 0.1) is 17.7 Å². The number of carbonyl (C=O) groups is 1. The van der Waals surface area contributed by atoms with Gasteiger partial charge in [-0.3, -0.25) is 0 Å². The van der Waals surface area contributed by atoms with Crippen LogP contribution >= 0.6 is 11.8 Å². The Bertz CT molecular complexity index is 1300. The molecule has 0 aliphatic heterocycles. The van der Waals surface area contributed by atoms with E-state index in [4.69, 9.17) is 4.74 Å². The Hall–Kier alpha value is -3.25. The Morgan fingerprint density at radius 3 is 2.15 bits per heavy atom. The molecule has 0 saturated carbocycles. The number of esters is 1. The van der Waals surface area contributed by atoms with E-state index in [1.165, 1.54) is 23.9 Å². The molecule has 4 aromatic carbocycles. The maximum absolute atomic E-state index is 13.0. The van der Waals surface area contributed by atoms with Gasteiger partial charge in [0.25, 0.3) is 0 Å². The summed E-state index contributed by atoms with van der Waals surface area (Å²) in [4.78, 5) is 13.5. The number of thioether (sulfide) groups is 1. The van der Waals surface area contributed by atoms with Crippen molar-refractivity contribution in [3.8, 4) is 22.3 Å². The lowest BCUT2D eigenvalue weighted by Gasteiger charge is -2.15. The molecule has 0 atom stereocenters. The average molecular weight is 467 g/mol. The molecule has 4 rings (SSSR count). The number of hydrogen-bond donors (Lipinski definition) is 0. The van der Waals surface area contributed by atoms with Gasteiger partial charge in [-0.05, 0) is 82.6 Å². The van der Waals surface area contributed by atoms with Crippen LogP contribution in [0.2, 0.25) is 0 Å². The molecule has 0 amide bonds. The van der Waals surface area contributed by atoms with Crippen LogP contribution in [0.15, 0.2) is 83.8 Å². The summed E-state index contributed by atoms with van der Waals surface area (Å²) in [6.45, 7) is 2.02. The fourth-order valence-electron chi connectivity index (χ4n) is 3.81. The monoisotopic (exact) mass is 466 g/mol. The van der Waals surface area contributed by atoms with E-state index in [0.29, 0.717) is 11.1 Å². The number of benzene rings is 4. The first-order chi connectivity index (χ1) is 15.8. The molecule has 33 heavy (non-hydrogen) atoms. The number of carbonyl (C=O) groups excluding carboxylic acids is 1. The minimum atomic E-state index is -4.39. The highest BCUT2D eigenvalue weighted by Gasteiger charge is 2.30. The van der Waals surface area contributed by atoms with Gasteiger partial charge in [0, 0.05) is 4.90 Å². The summed E-state index contributed by atoms with van der Waals surface area (Å²) in [6.07, 6.45) is -2.45. The SMILES string of the molecule is CCOC(=O)c1cc(-c2ccccc2)c2cc(SC)c(-c3ccc(C(F)(F)F)cc3)cc2c1. The minimum Gasteiger partial charge on any atom is -0.462 e. The molecule has 2 nitrogen and oxygen atoms in total. The number of ether oxygens (including phenoxy) is 1. The Morgan fingerprint density at radius 2 is 1.55 bits per heavy atom. The normalized spacial score (nSPS) is 11.5. The molecule has 4 aromatic rings. The Morgan fingerprint density at radius 1 is 0.879 bits per heavy atom. The van der Waals surface area contributed by atoms with E-state index in [1.54, 1.807) is 13.0 Å². The molecule has 0 spiro atoms. The van der Waals surface area contributed by atoms with Crippen LogP contribution in [0, 0.1) is 0 Å². The molecule has 0 aliphatic rings. The van der Waals surface area contributed by atoms with Crippen LogP contribution in [0.5, 0.6) is 0 Å². The number of rotatable bonds is 5. The minimum absolute atomic E-state index is 0.264. The molecule has 0 N–H and O–H groups in total. The Kier molecular flexibility index (Phi) is 6.47. The van der Waals surface area contributed by atoms with Gasteiger partial charge >= 0.3 is 12.1 Å². The molecule has 0 aliphatic carbocycles. The van der Waals surface area contributed by atoms with E-state index in [1.807, 2.05) is 54.8 Å². The van der Waals surface area contributed by atoms with Crippen molar-refractivity contribution >= 4 is 28.5 Å². The molecule has 0 aromatic heterocycles. The van der Waals surface area contributed by atoms with Crippen molar-refractivity contribution in [2.75, 3.05) is 12.9 Å². The van der Waals surface area contributed by atoms with Gasteiger partial charge in [-0.1, -0.05) is 42.5 Å². The highest BCUT2D eigenvalue weighted by molar-refractivity contribution is 7.98. The zero-order valence-corrected chi connectivity index (χ0v) is 18.9. The van der Waals surface area contributed by atoms with Crippen molar-refractivity contribution in [3.63, 3.8) is 0 Å². The molecule has 0 radical (unpaired) electrons. The third kappa shape index (κ3) is 4.76. The molecule has 0 fully saturated rings. The number of alkyl halides is 3. The smallest absolute Gasteiger partial charge is 0.416 e. The fourth-order valence-corrected chi connectivity index (χ4v) is 4.45. The summed E-state index contributed by atoms with van der Waals surface area (Å²) in [7, 11) is 0. The average Bonchev–Trinajstić information content (AvgIpc) is 2.82. The third-order valence-electron chi connectivity index (χ3n) is 5.39. The van der Waals surface area contributed by atoms with Crippen molar-refractivity contribution in [1.29, 1.82) is 0 Å². The molecule has 0 unspecified atom stereocenters. The molecular formula is C27H21F3O2S. The summed E-state index contributed by atoms with van der Waals surface area (Å²) >= 11 is 1.52. The molecular weight excluding hydrogens is 445 g/mol. The van der Waals surface area contributed by atoms with Gasteiger partial charge in [0.1, 0.15) is 0 Å². The lowest BCUT2D eigenvalue weighted by atomic mass is 9.93. The molecule has 0 bridgehead atoms. The van der Waals surface area contributed by atoms with Crippen LogP contribution in [0.1, 0.15) is 22.8 Å². The molecule has 0 saturated heterocycles. The highest BCUT2D eigenvalue weighted by atomic mass is 32.2. The van der Waals surface area contributed by atoms with Gasteiger partial charge in [0.15, 0.2) is 0 Å². The first-order valence-corrected chi connectivity index (χ1v) is 11.6. The number of hydrogen-bond acceptors (Lipinski definition) is 3. The van der Waals surface area contributed by atoms with Crippen molar-refractivity contribution in [2.45, 2.75) is 18.0 Å². The van der Waals surface area contributed by atoms with Crippen molar-refractivity contribution in [3.05, 3.63) is 90.0 Å². The van der Waals surface area contributed by atoms with Gasteiger partial charge < -0.3 is 4.74 Å². The van der Waals surface area contributed by atoms with Gasteiger partial charge in [-0.25, -0.2) is 4.79 Å². The van der Waals surface area contributed by atoms with Crippen LogP contribution in [0.3, 0.4) is 0 Å². The Balaban J connectivity index is 1.94. The van der Waals surface area contributed by atoms with E-state index in [-0.39, 0.29) is 6.61 Å². The second-order valence-electron chi connectivity index (χ2n) is 7.46. The zero-order chi connectivity index (χ0) is 23.6. The van der Waals surface area contributed by atoms with Crippen LogP contribution in [-0.2, 0) is 10.9 Å². The van der Waals surface area contributed by atoms with Crippen LogP contribution < -0.4 is 0 Å². The second kappa shape index (κ2) is 9.32. The topological polar surface area (TPSA) is 26.3 Å². The maximum Gasteiger partial charge on any atom is 0.416 e. The summed E-state index contributed by atoms with van der Waals surface area (Å²) in [5, 5.41) is 1.77. The van der Waals surface area contributed by atoms with Gasteiger partial charge in [-0.2, -0.15) is 13.2 Å². The summed E-state index contributed by atoms with van der Waals surface area (Å²) in [6, 6.07) is 22.5. The summed E-state index contributed by atoms with van der Waals surface area (Å²) < 4.78 is 44.3. The van der Waals surface area contributed by atoms with Crippen molar-refractivity contribution < 1.29 is 22.7 Å². The van der Waals surface area contributed by atoms with Crippen LogP contribution in [0.25, 0.3) is 33.0 Å². The quantitative estimate of drug-likeness (QED) is 0.220. The van der Waals surface area contributed by atoms with Crippen LogP contribution in [-0.4, -0.2) is 18.8 Å². The first-order valence-electron chi connectivity index (χ1n) is 10.4. The van der Waals surface area contributed by atoms with Crippen LogP contribution in [0.4, 0.5) is 13.2 Å². The summed E-state index contributed by atoms with van der Waals surface area (Å²) in [5.74, 6) is -0.415. The van der Waals surface area contributed by atoms with Crippen molar-refractivity contribution in [1.82, 2.24) is 0 Å². The first kappa shape index (κ1) is 22.9. The van der Waals surface area contributed by atoms with E-state index in [9.17, 15) is 18.0 Å².